The van der Waals surface area contributed by atoms with Gasteiger partial charge in [0.1, 0.15) is 11.6 Å². The Morgan fingerprint density at radius 2 is 1.26 bits per heavy atom. The van der Waals surface area contributed by atoms with E-state index in [-0.39, 0.29) is 18.7 Å². The fourth-order valence-corrected chi connectivity index (χ4v) is 4.57. The topological polar surface area (TPSA) is 18.5 Å². The van der Waals surface area contributed by atoms with Gasteiger partial charge in [0.05, 0.1) is 0 Å². The number of fused-ring (bicyclic) bond motifs is 1. The van der Waals surface area contributed by atoms with E-state index in [0.29, 0.717) is 46.9 Å². The summed E-state index contributed by atoms with van der Waals surface area (Å²) in [5.74, 6) is -2.67. The van der Waals surface area contributed by atoms with Crippen LogP contribution in [0.5, 0.6) is 5.75 Å². The number of rotatable bonds is 11. The van der Waals surface area contributed by atoms with E-state index in [1.54, 1.807) is 31.4 Å². The van der Waals surface area contributed by atoms with Gasteiger partial charge in [-0.2, -0.15) is 0 Å². The second-order valence-corrected chi connectivity index (χ2v) is 9.43. The van der Waals surface area contributed by atoms with Crippen LogP contribution in [0.3, 0.4) is 0 Å². The third-order valence-corrected chi connectivity index (χ3v) is 6.62. The fourth-order valence-electron chi connectivity index (χ4n) is 4.57. The maximum Gasteiger partial charge on any atom is 0.573 e. The summed E-state index contributed by atoms with van der Waals surface area (Å²) in [5, 5.41) is 1.14. The zero-order valence-electron chi connectivity index (χ0n) is 21.4. The van der Waals surface area contributed by atoms with Crippen molar-refractivity contribution in [3.63, 3.8) is 0 Å². The molecule has 0 aliphatic heterocycles. The maximum absolute atomic E-state index is 15.2. The van der Waals surface area contributed by atoms with E-state index in [0.717, 1.165) is 36.1 Å². The van der Waals surface area contributed by atoms with Gasteiger partial charge in [-0.15, -0.1) is 13.2 Å². The minimum absolute atomic E-state index is 0.233. The molecule has 0 spiro atoms. The standard InChI is InChI=1S/C31H28F6O2/c1-38-16-2-3-20-4-9-23(27(32)18-20)10-5-21-7-14-26-25(17-21)13-12-24(30(26)34)11-6-22-8-15-29(28(33)19-22)39-31(35,36)37/h4,7-9,12-15,17-19H,2-3,5-6,10-11,16H2,1H3. The van der Waals surface area contributed by atoms with Crippen molar-refractivity contribution in [2.24, 2.45) is 0 Å². The molecule has 0 bridgehead atoms. The smallest absolute Gasteiger partial charge is 0.403 e. The van der Waals surface area contributed by atoms with Crippen molar-refractivity contribution in [3.8, 4) is 5.75 Å². The zero-order chi connectivity index (χ0) is 28.0. The highest BCUT2D eigenvalue weighted by atomic mass is 19.4. The van der Waals surface area contributed by atoms with Crippen LogP contribution in [-0.2, 0) is 36.8 Å². The molecular formula is C31H28F6O2. The maximum atomic E-state index is 15.2. The first-order valence-electron chi connectivity index (χ1n) is 12.6. The van der Waals surface area contributed by atoms with Crippen LogP contribution in [0.25, 0.3) is 10.8 Å². The summed E-state index contributed by atoms with van der Waals surface area (Å²) in [6.45, 7) is 0.630. The SMILES string of the molecule is COCCCc1ccc(CCc2ccc3c(F)c(CCc4ccc(OC(F)(F)F)c(F)c4)ccc3c2)c(F)c1. The predicted molar refractivity (Wildman–Crippen MR) is 138 cm³/mol. The molecule has 0 amide bonds. The van der Waals surface area contributed by atoms with Crippen molar-refractivity contribution in [2.45, 2.75) is 44.9 Å². The Bertz CT molecular complexity index is 1430. The van der Waals surface area contributed by atoms with Gasteiger partial charge in [-0.05, 0) is 89.9 Å². The molecule has 39 heavy (non-hydrogen) atoms. The first-order chi connectivity index (χ1) is 18.6. The molecule has 0 aliphatic carbocycles. The number of alkyl halides is 3. The summed E-state index contributed by atoms with van der Waals surface area (Å²) < 4.78 is 89.4. The first-order valence-corrected chi connectivity index (χ1v) is 12.6. The highest BCUT2D eigenvalue weighted by molar-refractivity contribution is 5.84. The van der Waals surface area contributed by atoms with Crippen molar-refractivity contribution in [2.75, 3.05) is 13.7 Å². The van der Waals surface area contributed by atoms with Crippen LogP contribution >= 0.6 is 0 Å². The Balaban J connectivity index is 1.39. The van der Waals surface area contributed by atoms with Crippen LogP contribution in [0.2, 0.25) is 0 Å². The van der Waals surface area contributed by atoms with Crippen LogP contribution in [0, 0.1) is 17.5 Å². The molecule has 0 atom stereocenters. The average molecular weight is 547 g/mol. The number of hydrogen-bond acceptors (Lipinski definition) is 2. The number of aryl methyl sites for hydroxylation is 5. The summed E-state index contributed by atoms with van der Waals surface area (Å²) in [5.41, 5.74) is 3.35. The molecule has 0 aromatic heterocycles. The summed E-state index contributed by atoms with van der Waals surface area (Å²) >= 11 is 0. The molecule has 0 heterocycles. The van der Waals surface area contributed by atoms with E-state index < -0.39 is 23.7 Å². The van der Waals surface area contributed by atoms with Gasteiger partial charge in [-0.3, -0.25) is 0 Å². The van der Waals surface area contributed by atoms with E-state index in [4.69, 9.17) is 4.74 Å². The van der Waals surface area contributed by atoms with E-state index in [2.05, 4.69) is 4.74 Å². The van der Waals surface area contributed by atoms with E-state index >= 15 is 4.39 Å². The Hall–Kier alpha value is -3.52. The molecular weight excluding hydrogens is 518 g/mol. The Morgan fingerprint density at radius 1 is 0.641 bits per heavy atom. The molecule has 0 N–H and O–H groups in total. The van der Waals surface area contributed by atoms with Crippen LogP contribution in [-0.4, -0.2) is 20.1 Å². The number of halogens is 6. The monoisotopic (exact) mass is 546 g/mol. The number of ether oxygens (including phenoxy) is 2. The van der Waals surface area contributed by atoms with Gasteiger partial charge in [-0.25, -0.2) is 13.2 Å². The van der Waals surface area contributed by atoms with Gasteiger partial charge in [0.15, 0.2) is 11.6 Å². The predicted octanol–water partition coefficient (Wildman–Crippen LogP) is 8.31. The lowest BCUT2D eigenvalue weighted by Gasteiger charge is -2.11. The van der Waals surface area contributed by atoms with Crippen LogP contribution in [0.1, 0.15) is 34.2 Å². The fraction of sp³-hybridized carbons (Fsp3) is 0.290. The van der Waals surface area contributed by atoms with E-state index in [9.17, 15) is 22.0 Å². The van der Waals surface area contributed by atoms with Crippen molar-refractivity contribution < 1.29 is 35.8 Å². The van der Waals surface area contributed by atoms with Crippen molar-refractivity contribution in [1.29, 1.82) is 0 Å². The van der Waals surface area contributed by atoms with Crippen LogP contribution < -0.4 is 4.74 Å². The molecule has 0 fully saturated rings. The summed E-state index contributed by atoms with van der Waals surface area (Å²) in [6, 6.07) is 17.4. The largest absolute Gasteiger partial charge is 0.573 e. The van der Waals surface area contributed by atoms with Crippen molar-refractivity contribution in [3.05, 3.63) is 112 Å². The molecule has 0 saturated carbocycles. The number of benzene rings is 4. The third-order valence-electron chi connectivity index (χ3n) is 6.62. The number of hydrogen-bond donors (Lipinski definition) is 0. The van der Waals surface area contributed by atoms with E-state index in [1.165, 1.54) is 6.07 Å². The lowest BCUT2D eigenvalue weighted by molar-refractivity contribution is -0.275. The van der Waals surface area contributed by atoms with Gasteiger partial charge < -0.3 is 9.47 Å². The van der Waals surface area contributed by atoms with Gasteiger partial charge in [0, 0.05) is 19.1 Å². The lowest BCUT2D eigenvalue weighted by Crippen LogP contribution is -2.18. The van der Waals surface area contributed by atoms with Gasteiger partial charge >= 0.3 is 6.36 Å². The molecule has 0 unspecified atom stereocenters. The van der Waals surface area contributed by atoms with Crippen molar-refractivity contribution in [1.82, 2.24) is 0 Å². The van der Waals surface area contributed by atoms with Gasteiger partial charge in [-0.1, -0.05) is 48.5 Å². The first kappa shape index (κ1) is 28.5. The molecule has 4 aromatic carbocycles. The van der Waals surface area contributed by atoms with Crippen LogP contribution in [0.4, 0.5) is 26.3 Å². The van der Waals surface area contributed by atoms with Crippen LogP contribution in [0.15, 0.2) is 66.7 Å². The molecule has 206 valence electrons. The Morgan fingerprint density at radius 3 is 1.95 bits per heavy atom. The molecule has 0 radical (unpaired) electrons. The highest BCUT2D eigenvalue weighted by Crippen LogP contribution is 2.28. The Labute approximate surface area is 223 Å². The quantitative estimate of drug-likeness (QED) is 0.139. The molecule has 4 aromatic rings. The van der Waals surface area contributed by atoms with Crippen molar-refractivity contribution >= 4 is 10.8 Å². The second-order valence-electron chi connectivity index (χ2n) is 9.43. The number of methoxy groups -OCH3 is 1. The second kappa shape index (κ2) is 12.6. The average Bonchev–Trinajstić information content (AvgIpc) is 2.89. The Kier molecular flexibility index (Phi) is 9.17. The highest BCUT2D eigenvalue weighted by Gasteiger charge is 2.32. The summed E-state index contributed by atoms with van der Waals surface area (Å²) in [6.07, 6.45) is -1.81. The lowest BCUT2D eigenvalue weighted by atomic mass is 9.97. The summed E-state index contributed by atoms with van der Waals surface area (Å²) in [4.78, 5) is 0. The molecule has 0 saturated heterocycles. The molecule has 8 heteroatoms. The minimum atomic E-state index is -4.98. The zero-order valence-corrected chi connectivity index (χ0v) is 21.4. The van der Waals surface area contributed by atoms with E-state index in [1.807, 2.05) is 24.3 Å². The minimum Gasteiger partial charge on any atom is -0.403 e. The normalized spacial score (nSPS) is 11.8. The summed E-state index contributed by atoms with van der Waals surface area (Å²) in [7, 11) is 1.64. The molecule has 4 rings (SSSR count). The third kappa shape index (κ3) is 7.76. The molecule has 0 aliphatic rings. The van der Waals surface area contributed by atoms with Gasteiger partial charge in [0.25, 0.3) is 0 Å². The molecule has 2 nitrogen and oxygen atoms in total. The van der Waals surface area contributed by atoms with Gasteiger partial charge in [0.2, 0.25) is 0 Å².